The molecule has 3 heterocycles. The number of hydrogen-bond acceptors (Lipinski definition) is 10. The molecular weight excluding hydrogens is 485 g/mol. The first kappa shape index (κ1) is 25.3. The number of rotatable bonds is 9. The van der Waals surface area contributed by atoms with Gasteiger partial charge in [0.2, 0.25) is 5.91 Å². The second-order valence-electron chi connectivity index (χ2n) is 8.44. The summed E-state index contributed by atoms with van der Waals surface area (Å²) in [5.41, 5.74) is -2.21. The van der Waals surface area contributed by atoms with Crippen molar-refractivity contribution in [3.05, 3.63) is 45.9 Å². The van der Waals surface area contributed by atoms with Crippen LogP contribution in [0, 0.1) is 15.9 Å². The summed E-state index contributed by atoms with van der Waals surface area (Å²) in [6.45, 7) is 0.258. The Morgan fingerprint density at radius 3 is 2.89 bits per heavy atom. The number of carbonyl (C=O) groups excluding carboxylic acids is 2. The molecule has 1 aromatic heterocycles. The predicted molar refractivity (Wildman–Crippen MR) is 118 cm³/mol. The summed E-state index contributed by atoms with van der Waals surface area (Å²) in [6, 6.07) is 3.70. The minimum absolute atomic E-state index is 0.0200. The average molecular weight is 509 g/mol. The van der Waals surface area contributed by atoms with Gasteiger partial charge < -0.3 is 39.9 Å². The lowest BCUT2D eigenvalue weighted by molar-refractivity contribution is -0.389. The molecule has 2 amide bonds. The molecule has 4 rings (SSSR count). The number of halogens is 1. The summed E-state index contributed by atoms with van der Waals surface area (Å²) >= 11 is 0. The van der Waals surface area contributed by atoms with Gasteiger partial charge in [-0.25, -0.2) is 9.18 Å². The number of fused-ring (bicyclic) bond motifs is 1. The van der Waals surface area contributed by atoms with Crippen molar-refractivity contribution < 1.29 is 43.3 Å². The topological polar surface area (TPSA) is 179 Å². The SMILES string of the molecule is CC(=O)NCC1CN(c2ccc(C(O)(CO)COC3COc4nc([N+](=O)[O-])cn4C3)c(F)c2)C(=O)O1. The van der Waals surface area contributed by atoms with E-state index in [9.17, 15) is 29.9 Å². The molecule has 1 fully saturated rings. The highest BCUT2D eigenvalue weighted by Gasteiger charge is 2.37. The van der Waals surface area contributed by atoms with E-state index < -0.39 is 47.9 Å². The van der Waals surface area contributed by atoms with Crippen LogP contribution in [0.3, 0.4) is 0 Å². The summed E-state index contributed by atoms with van der Waals surface area (Å²) in [5.74, 6) is -1.56. The maximum absolute atomic E-state index is 15.0. The van der Waals surface area contributed by atoms with Crippen molar-refractivity contribution in [3.8, 4) is 6.01 Å². The third kappa shape index (κ3) is 5.22. The lowest BCUT2D eigenvalue weighted by Crippen LogP contribution is -2.41. The number of imidazole rings is 1. The Hall–Kier alpha value is -3.82. The first-order valence-corrected chi connectivity index (χ1v) is 10.9. The maximum Gasteiger partial charge on any atom is 0.414 e. The number of nitro groups is 1. The predicted octanol–water partition coefficient (Wildman–Crippen LogP) is 0.0494. The van der Waals surface area contributed by atoms with Crippen molar-refractivity contribution in [1.29, 1.82) is 0 Å². The smallest absolute Gasteiger partial charge is 0.414 e. The molecule has 0 aliphatic carbocycles. The van der Waals surface area contributed by atoms with Crippen LogP contribution in [0.1, 0.15) is 12.5 Å². The Bertz CT molecular complexity index is 1170. The molecule has 3 N–H and O–H groups in total. The lowest BCUT2D eigenvalue weighted by atomic mass is 9.94. The summed E-state index contributed by atoms with van der Waals surface area (Å²) in [4.78, 5) is 38.4. The number of carbonyl (C=O) groups is 2. The van der Waals surface area contributed by atoms with Gasteiger partial charge in [-0.15, -0.1) is 0 Å². The fraction of sp³-hybridized carbons (Fsp3) is 0.476. The first-order chi connectivity index (χ1) is 17.1. The van der Waals surface area contributed by atoms with Gasteiger partial charge in [-0.3, -0.25) is 14.3 Å². The van der Waals surface area contributed by atoms with Gasteiger partial charge in [-0.2, -0.15) is 0 Å². The molecule has 2 aliphatic rings. The van der Waals surface area contributed by atoms with Crippen molar-refractivity contribution in [1.82, 2.24) is 14.9 Å². The second kappa shape index (κ2) is 10.0. The molecule has 2 aliphatic heterocycles. The quantitative estimate of drug-likeness (QED) is 0.309. The van der Waals surface area contributed by atoms with Crippen LogP contribution in [-0.4, -0.2) is 81.8 Å². The summed E-state index contributed by atoms with van der Waals surface area (Å²) in [5, 5.41) is 34.2. The van der Waals surface area contributed by atoms with E-state index in [1.54, 1.807) is 0 Å². The molecule has 0 spiro atoms. The highest BCUT2D eigenvalue weighted by Crippen LogP contribution is 2.30. The summed E-state index contributed by atoms with van der Waals surface area (Å²) < 4.78 is 32.6. The number of aromatic nitrogens is 2. The van der Waals surface area contributed by atoms with Crippen LogP contribution in [0.15, 0.2) is 24.4 Å². The summed E-state index contributed by atoms with van der Waals surface area (Å²) in [7, 11) is 0. The van der Waals surface area contributed by atoms with Crippen molar-refractivity contribution in [2.24, 2.45) is 0 Å². The molecule has 0 saturated carbocycles. The zero-order valence-corrected chi connectivity index (χ0v) is 19.1. The molecule has 2 aromatic rings. The number of benzene rings is 1. The van der Waals surface area contributed by atoms with Gasteiger partial charge in [0.1, 0.15) is 36.4 Å². The number of amides is 2. The molecule has 0 bridgehead atoms. The van der Waals surface area contributed by atoms with Crippen molar-refractivity contribution in [2.45, 2.75) is 31.3 Å². The zero-order chi connectivity index (χ0) is 26.0. The van der Waals surface area contributed by atoms with Gasteiger partial charge >= 0.3 is 17.9 Å². The molecule has 3 atom stereocenters. The number of ether oxygens (including phenoxy) is 3. The Morgan fingerprint density at radius 1 is 1.44 bits per heavy atom. The van der Waals surface area contributed by atoms with Crippen LogP contribution >= 0.6 is 0 Å². The molecule has 14 nitrogen and oxygen atoms in total. The number of hydrogen-bond donors (Lipinski definition) is 3. The van der Waals surface area contributed by atoms with E-state index in [0.29, 0.717) is 0 Å². The zero-order valence-electron chi connectivity index (χ0n) is 19.1. The number of nitrogens with zero attached hydrogens (tertiary/aromatic N) is 4. The van der Waals surface area contributed by atoms with E-state index in [2.05, 4.69) is 10.3 Å². The van der Waals surface area contributed by atoms with Crippen molar-refractivity contribution >= 4 is 23.5 Å². The van der Waals surface area contributed by atoms with E-state index in [4.69, 9.17) is 14.2 Å². The van der Waals surface area contributed by atoms with Crippen LogP contribution in [0.25, 0.3) is 0 Å². The van der Waals surface area contributed by atoms with E-state index in [1.807, 2.05) is 0 Å². The number of anilines is 1. The Kier molecular flexibility index (Phi) is 7.05. The summed E-state index contributed by atoms with van der Waals surface area (Å²) in [6.07, 6.45) is -0.797. The molecule has 0 radical (unpaired) electrons. The minimum Gasteiger partial charge on any atom is -0.443 e. The monoisotopic (exact) mass is 509 g/mol. The van der Waals surface area contributed by atoms with E-state index in [0.717, 1.165) is 6.07 Å². The Morgan fingerprint density at radius 2 is 2.22 bits per heavy atom. The van der Waals surface area contributed by atoms with Crippen LogP contribution in [0.2, 0.25) is 0 Å². The van der Waals surface area contributed by atoms with Crippen LogP contribution in [0.5, 0.6) is 6.01 Å². The highest BCUT2D eigenvalue weighted by atomic mass is 19.1. The first-order valence-electron chi connectivity index (χ1n) is 10.9. The fourth-order valence-electron chi connectivity index (χ4n) is 3.87. The van der Waals surface area contributed by atoms with E-state index in [1.165, 1.54) is 34.7 Å². The molecule has 194 valence electrons. The van der Waals surface area contributed by atoms with E-state index in [-0.39, 0.29) is 55.2 Å². The van der Waals surface area contributed by atoms with Crippen LogP contribution in [-0.2, 0) is 26.4 Å². The van der Waals surface area contributed by atoms with Crippen LogP contribution in [0.4, 0.5) is 20.7 Å². The van der Waals surface area contributed by atoms with E-state index >= 15 is 4.39 Å². The van der Waals surface area contributed by atoms with Crippen molar-refractivity contribution in [2.75, 3.05) is 37.8 Å². The average Bonchev–Trinajstić information content (AvgIpc) is 3.44. The van der Waals surface area contributed by atoms with Crippen LogP contribution < -0.4 is 15.0 Å². The van der Waals surface area contributed by atoms with Gasteiger partial charge in [-0.1, -0.05) is 6.07 Å². The number of nitrogens with one attached hydrogen (secondary N) is 1. The van der Waals surface area contributed by atoms with Gasteiger partial charge in [-0.05, 0) is 17.1 Å². The second-order valence-corrected chi connectivity index (χ2v) is 8.44. The van der Waals surface area contributed by atoms with Gasteiger partial charge in [0.25, 0.3) is 0 Å². The van der Waals surface area contributed by atoms with Gasteiger partial charge in [0, 0.05) is 17.5 Å². The Balaban J connectivity index is 1.42. The van der Waals surface area contributed by atoms with Crippen molar-refractivity contribution in [3.63, 3.8) is 0 Å². The highest BCUT2D eigenvalue weighted by molar-refractivity contribution is 5.89. The number of aliphatic hydroxyl groups excluding tert-OH is 1. The molecule has 36 heavy (non-hydrogen) atoms. The normalized spacial score (nSPS) is 20.8. The molecule has 3 unspecified atom stereocenters. The van der Waals surface area contributed by atoms with Gasteiger partial charge in [0.15, 0.2) is 0 Å². The third-order valence-electron chi connectivity index (χ3n) is 5.75. The molecular formula is C21H24FN5O9. The minimum atomic E-state index is -2.12. The standard InChI is InChI=1S/C21H24FN5O9/c1-12(29)23-5-14-7-26(20(30)36-14)13-2-3-16(17(22)4-13)21(31,10-28)11-35-15-6-25-8-18(27(32)33)24-19(25)34-9-15/h2-4,8,14-15,28,31H,5-7,9-11H2,1H3,(H,23,29). The maximum atomic E-state index is 15.0. The molecule has 1 saturated heterocycles. The fourth-order valence-corrected chi connectivity index (χ4v) is 3.87. The Labute approximate surface area is 203 Å². The third-order valence-corrected chi connectivity index (χ3v) is 5.75. The molecule has 1 aromatic carbocycles. The largest absolute Gasteiger partial charge is 0.443 e. The molecule has 15 heteroatoms. The van der Waals surface area contributed by atoms with Gasteiger partial charge in [0.05, 0.1) is 38.5 Å². The lowest BCUT2D eigenvalue weighted by Gasteiger charge is -2.30. The number of aliphatic hydroxyl groups is 2. The number of cyclic esters (lactones) is 1.